The van der Waals surface area contributed by atoms with E-state index in [1.54, 1.807) is 0 Å². The van der Waals surface area contributed by atoms with Gasteiger partial charge in [-0.15, -0.1) is 0 Å². The molecule has 0 spiro atoms. The van der Waals surface area contributed by atoms with Gasteiger partial charge >= 0.3 is 0 Å². The molecule has 0 saturated heterocycles. The lowest BCUT2D eigenvalue weighted by atomic mass is 9.73. The number of rotatable bonds is 8. The minimum absolute atomic E-state index is 0.0377. The number of phenolic OH excluding ortho intramolecular Hbond substituents is 1. The van der Waals surface area contributed by atoms with Gasteiger partial charge in [-0.25, -0.2) is 0 Å². The van der Waals surface area contributed by atoms with Crippen LogP contribution in [0.25, 0.3) is 0 Å². The first-order valence-corrected chi connectivity index (χ1v) is 10.4. The molecule has 1 unspecified atom stereocenters. The van der Waals surface area contributed by atoms with Gasteiger partial charge in [0, 0.05) is 5.56 Å². The molecule has 1 atom stereocenters. The monoisotopic (exact) mass is 346 g/mol. The number of aromatic hydroxyl groups is 1. The van der Waals surface area contributed by atoms with Crippen LogP contribution in [0.3, 0.4) is 0 Å². The molecule has 1 heteroatoms. The molecule has 0 aliphatic carbocycles. The molecule has 0 bridgehead atoms. The Hall–Kier alpha value is -0.980. The zero-order chi connectivity index (χ0) is 19.3. The lowest BCUT2D eigenvalue weighted by Crippen LogP contribution is -2.20. The van der Waals surface area contributed by atoms with Crippen LogP contribution < -0.4 is 0 Å². The minimum Gasteiger partial charge on any atom is -0.507 e. The SMILES string of the molecule is CCCCCCC(CCC)c1ccc(C(C)(C)C)c(O)c1C(C)(C)C. The third kappa shape index (κ3) is 6.04. The summed E-state index contributed by atoms with van der Waals surface area (Å²) in [4.78, 5) is 0. The normalized spacial score (nSPS) is 13.9. The Morgan fingerprint density at radius 1 is 0.800 bits per heavy atom. The largest absolute Gasteiger partial charge is 0.507 e. The Morgan fingerprint density at radius 3 is 1.92 bits per heavy atom. The van der Waals surface area contributed by atoms with Crippen molar-refractivity contribution in [2.75, 3.05) is 0 Å². The van der Waals surface area contributed by atoms with Crippen molar-refractivity contribution in [2.45, 2.75) is 117 Å². The van der Waals surface area contributed by atoms with E-state index >= 15 is 0 Å². The van der Waals surface area contributed by atoms with Crippen molar-refractivity contribution in [1.29, 1.82) is 0 Å². The lowest BCUT2D eigenvalue weighted by Gasteiger charge is -2.32. The van der Waals surface area contributed by atoms with E-state index in [-0.39, 0.29) is 10.8 Å². The van der Waals surface area contributed by atoms with Crippen LogP contribution in [0.1, 0.15) is 123 Å². The van der Waals surface area contributed by atoms with E-state index in [0.717, 1.165) is 5.56 Å². The molecule has 0 amide bonds. The maximum atomic E-state index is 11.2. The zero-order valence-corrected chi connectivity index (χ0v) is 18.1. The molecule has 0 aliphatic heterocycles. The average Bonchev–Trinajstić information content (AvgIpc) is 2.47. The summed E-state index contributed by atoms with van der Waals surface area (Å²) in [6.45, 7) is 17.8. The highest BCUT2D eigenvalue weighted by Gasteiger charge is 2.30. The number of phenols is 1. The molecule has 0 aliphatic rings. The Kier molecular flexibility index (Phi) is 8.03. The second kappa shape index (κ2) is 9.10. The van der Waals surface area contributed by atoms with E-state index in [1.807, 2.05) is 0 Å². The highest BCUT2D eigenvalue weighted by molar-refractivity contribution is 5.52. The Labute approximate surface area is 157 Å². The smallest absolute Gasteiger partial charge is 0.123 e. The van der Waals surface area contributed by atoms with E-state index in [1.165, 1.54) is 56.1 Å². The molecule has 1 aromatic rings. The van der Waals surface area contributed by atoms with Crippen LogP contribution in [0, 0.1) is 0 Å². The molecule has 1 N–H and O–H groups in total. The lowest BCUT2D eigenvalue weighted by molar-refractivity contribution is 0.415. The van der Waals surface area contributed by atoms with Crippen molar-refractivity contribution in [3.8, 4) is 5.75 Å². The molecule has 25 heavy (non-hydrogen) atoms. The molecule has 0 fully saturated rings. The maximum absolute atomic E-state index is 11.2. The molecule has 0 radical (unpaired) electrons. The number of hydrogen-bond donors (Lipinski definition) is 1. The molecule has 0 heterocycles. The first-order valence-electron chi connectivity index (χ1n) is 10.4. The van der Waals surface area contributed by atoms with Crippen molar-refractivity contribution in [3.63, 3.8) is 0 Å². The van der Waals surface area contributed by atoms with Gasteiger partial charge in [0.15, 0.2) is 0 Å². The van der Waals surface area contributed by atoms with Crippen LogP contribution >= 0.6 is 0 Å². The van der Waals surface area contributed by atoms with E-state index in [9.17, 15) is 5.11 Å². The Bertz CT molecular complexity index is 528. The van der Waals surface area contributed by atoms with Gasteiger partial charge in [-0.05, 0) is 40.7 Å². The van der Waals surface area contributed by atoms with Gasteiger partial charge in [-0.1, -0.05) is 99.6 Å². The number of unbranched alkanes of at least 4 members (excludes halogenated alkanes) is 3. The van der Waals surface area contributed by atoms with Crippen molar-refractivity contribution in [3.05, 3.63) is 28.8 Å². The van der Waals surface area contributed by atoms with E-state index in [4.69, 9.17) is 0 Å². The van der Waals surface area contributed by atoms with Crippen molar-refractivity contribution < 1.29 is 5.11 Å². The maximum Gasteiger partial charge on any atom is 0.123 e. The third-order valence-electron chi connectivity index (χ3n) is 5.25. The highest BCUT2D eigenvalue weighted by Crippen LogP contribution is 2.44. The van der Waals surface area contributed by atoms with Gasteiger partial charge in [0.05, 0.1) is 0 Å². The van der Waals surface area contributed by atoms with Gasteiger partial charge in [-0.3, -0.25) is 0 Å². The third-order valence-corrected chi connectivity index (χ3v) is 5.25. The van der Waals surface area contributed by atoms with Crippen molar-refractivity contribution >= 4 is 0 Å². The predicted molar refractivity (Wildman–Crippen MR) is 112 cm³/mol. The van der Waals surface area contributed by atoms with Gasteiger partial charge in [0.25, 0.3) is 0 Å². The van der Waals surface area contributed by atoms with Crippen LogP contribution in [0.2, 0.25) is 0 Å². The van der Waals surface area contributed by atoms with E-state index in [0.29, 0.717) is 11.7 Å². The van der Waals surface area contributed by atoms with Crippen LogP contribution in [0.15, 0.2) is 12.1 Å². The quantitative estimate of drug-likeness (QED) is 0.475. The standard InChI is InChI=1S/C24H42O/c1-9-11-12-13-15-18(14-10-2)19-16-17-20(23(3,4)5)22(25)21(19)24(6,7)8/h16-18,25H,9-15H2,1-8H3. The van der Waals surface area contributed by atoms with Gasteiger partial charge in [0.1, 0.15) is 5.75 Å². The molecule has 0 aromatic heterocycles. The fourth-order valence-corrected chi connectivity index (χ4v) is 3.96. The summed E-state index contributed by atoms with van der Waals surface area (Å²) in [6.07, 6.45) is 8.89. The molecule has 0 saturated carbocycles. The van der Waals surface area contributed by atoms with Gasteiger partial charge < -0.3 is 5.11 Å². The van der Waals surface area contributed by atoms with Crippen LogP contribution in [0.5, 0.6) is 5.75 Å². The summed E-state index contributed by atoms with van der Waals surface area (Å²) in [5.74, 6) is 1.10. The Morgan fingerprint density at radius 2 is 1.44 bits per heavy atom. The molecular formula is C24H42O. The summed E-state index contributed by atoms with van der Waals surface area (Å²) in [5.41, 5.74) is 3.55. The number of benzene rings is 1. The summed E-state index contributed by atoms with van der Waals surface area (Å²) < 4.78 is 0. The van der Waals surface area contributed by atoms with Gasteiger partial charge in [0.2, 0.25) is 0 Å². The van der Waals surface area contributed by atoms with Crippen molar-refractivity contribution in [2.24, 2.45) is 0 Å². The first kappa shape index (κ1) is 22.1. The predicted octanol–water partition coefficient (Wildman–Crippen LogP) is 7.84. The van der Waals surface area contributed by atoms with E-state index in [2.05, 4.69) is 67.5 Å². The topological polar surface area (TPSA) is 20.2 Å². The van der Waals surface area contributed by atoms with Crippen LogP contribution in [0.4, 0.5) is 0 Å². The zero-order valence-electron chi connectivity index (χ0n) is 18.1. The van der Waals surface area contributed by atoms with E-state index < -0.39 is 0 Å². The molecule has 1 rings (SSSR count). The number of hydrogen-bond acceptors (Lipinski definition) is 1. The summed E-state index contributed by atoms with van der Waals surface area (Å²) >= 11 is 0. The second-order valence-electron chi connectivity index (χ2n) is 9.76. The summed E-state index contributed by atoms with van der Waals surface area (Å²) in [5, 5.41) is 11.2. The summed E-state index contributed by atoms with van der Waals surface area (Å²) in [7, 11) is 0. The highest BCUT2D eigenvalue weighted by atomic mass is 16.3. The minimum atomic E-state index is -0.0455. The molecule has 144 valence electrons. The molecule has 1 nitrogen and oxygen atoms in total. The molecule has 1 aromatic carbocycles. The fourth-order valence-electron chi connectivity index (χ4n) is 3.96. The molecular weight excluding hydrogens is 304 g/mol. The second-order valence-corrected chi connectivity index (χ2v) is 9.76. The summed E-state index contributed by atoms with van der Waals surface area (Å²) in [6, 6.07) is 4.50. The first-order chi connectivity index (χ1) is 11.5. The van der Waals surface area contributed by atoms with Crippen LogP contribution in [-0.4, -0.2) is 5.11 Å². The van der Waals surface area contributed by atoms with Gasteiger partial charge in [-0.2, -0.15) is 0 Å². The Balaban J connectivity index is 3.32. The average molecular weight is 347 g/mol. The van der Waals surface area contributed by atoms with Crippen LogP contribution in [-0.2, 0) is 10.8 Å². The van der Waals surface area contributed by atoms with Crippen molar-refractivity contribution in [1.82, 2.24) is 0 Å². The fraction of sp³-hybridized carbons (Fsp3) is 0.750.